The van der Waals surface area contributed by atoms with Crippen LogP contribution in [0.4, 0.5) is 14.5 Å². The first kappa shape index (κ1) is 46.5. The van der Waals surface area contributed by atoms with E-state index in [1.165, 1.54) is 0 Å². The van der Waals surface area contributed by atoms with Crippen molar-refractivity contribution in [3.05, 3.63) is 99.4 Å². The Bertz CT molecular complexity index is 2690. The molecule has 10 rings (SSSR count). The molecule has 5 heterocycles. The van der Waals surface area contributed by atoms with Crippen LogP contribution >= 0.6 is 11.6 Å². The summed E-state index contributed by atoms with van der Waals surface area (Å²) in [5, 5.41) is 22.2. The van der Waals surface area contributed by atoms with Crippen molar-refractivity contribution in [2.24, 2.45) is 23.5 Å². The molecular weight excluding hydrogens is 902 g/mol. The summed E-state index contributed by atoms with van der Waals surface area (Å²) in [7, 11) is 1.79. The van der Waals surface area contributed by atoms with Crippen molar-refractivity contribution in [2.45, 2.75) is 128 Å². The summed E-state index contributed by atoms with van der Waals surface area (Å²) < 4.78 is 45.7. The van der Waals surface area contributed by atoms with Crippen LogP contribution < -0.4 is 25.8 Å². The van der Waals surface area contributed by atoms with Crippen LogP contribution in [0.25, 0.3) is 11.1 Å². The Labute approximate surface area is 406 Å². The average molecular weight is 963 g/mol. The second kappa shape index (κ2) is 19.7. The number of rotatable bonds is 9. The van der Waals surface area contributed by atoms with Gasteiger partial charge in [0.2, 0.25) is 23.3 Å². The van der Waals surface area contributed by atoms with E-state index in [4.69, 9.17) is 31.4 Å². The minimum absolute atomic E-state index is 0.0159. The average Bonchev–Trinajstić information content (AvgIpc) is 3.96. The van der Waals surface area contributed by atoms with Crippen molar-refractivity contribution in [1.29, 1.82) is 5.26 Å². The van der Waals surface area contributed by atoms with E-state index in [0.29, 0.717) is 71.0 Å². The molecule has 1 spiro atoms. The van der Waals surface area contributed by atoms with Gasteiger partial charge in [0, 0.05) is 79.3 Å². The molecule has 362 valence electrons. The maximum atomic E-state index is 14.7. The van der Waals surface area contributed by atoms with Gasteiger partial charge in [0.15, 0.2) is 6.21 Å². The third kappa shape index (κ3) is 9.98. The Kier molecular flexibility index (Phi) is 13.2. The number of anilines is 1. The topological polar surface area (TPSA) is 152 Å². The van der Waals surface area contributed by atoms with Gasteiger partial charge >= 0.3 is 0 Å². The minimum Gasteiger partial charge on any atom is -0.490 e. The number of nitriles is 1. The molecule has 14 nitrogen and oxygen atoms in total. The highest BCUT2D eigenvalue weighted by Gasteiger charge is 2.44. The van der Waals surface area contributed by atoms with Crippen molar-refractivity contribution in [2.75, 3.05) is 24.5 Å². The number of fused-ring (bicyclic) bond motifs is 1. The number of nitrogens with zero attached hydrogens (tertiary/aromatic N) is 7. The van der Waals surface area contributed by atoms with Gasteiger partial charge < -0.3 is 24.6 Å². The second-order valence-corrected chi connectivity index (χ2v) is 20.3. The number of allylic oxidation sites excluding steroid dienone is 2. The van der Waals surface area contributed by atoms with Crippen LogP contribution in [0.3, 0.4) is 0 Å². The van der Waals surface area contributed by atoms with E-state index in [0.717, 1.165) is 118 Å². The Morgan fingerprint density at radius 2 is 1.75 bits per heavy atom. The van der Waals surface area contributed by atoms with Gasteiger partial charge in [0.1, 0.15) is 23.6 Å². The molecule has 69 heavy (non-hydrogen) atoms. The molecule has 0 atom stereocenters. The molecule has 0 radical (unpaired) electrons. The number of aromatic nitrogens is 2. The molecule has 2 aromatic carbocycles. The zero-order valence-electron chi connectivity index (χ0n) is 39.3. The number of ether oxygens (including phenoxy) is 2. The summed E-state index contributed by atoms with van der Waals surface area (Å²) >= 11 is 6.18. The van der Waals surface area contributed by atoms with E-state index in [-0.39, 0.29) is 41.0 Å². The molecule has 3 saturated carbocycles. The van der Waals surface area contributed by atoms with E-state index >= 15 is 0 Å². The number of halogens is 3. The number of alkyl halides is 2. The third-order valence-corrected chi connectivity index (χ3v) is 15.8. The van der Waals surface area contributed by atoms with Gasteiger partial charge in [-0.15, -0.1) is 0 Å². The lowest BCUT2D eigenvalue weighted by Crippen LogP contribution is -2.46. The first-order valence-corrected chi connectivity index (χ1v) is 25.0. The number of amides is 2. The van der Waals surface area contributed by atoms with Crippen molar-refractivity contribution in [3.8, 4) is 22.9 Å². The first-order chi connectivity index (χ1) is 33.4. The summed E-state index contributed by atoms with van der Waals surface area (Å²) in [5.41, 5.74) is 12.3. The number of hydrogen-bond acceptors (Lipinski definition) is 10. The highest BCUT2D eigenvalue weighted by atomic mass is 35.5. The molecule has 17 heteroatoms. The van der Waals surface area contributed by atoms with Crippen LogP contribution in [0.1, 0.15) is 120 Å². The highest BCUT2D eigenvalue weighted by molar-refractivity contribution is 6.31. The Hall–Kier alpha value is -6.21. The number of hydrogen-bond donors (Lipinski definition) is 3. The van der Waals surface area contributed by atoms with E-state index in [1.807, 2.05) is 17.0 Å². The summed E-state index contributed by atoms with van der Waals surface area (Å²) in [5.74, 6) is 2.20. The molecule has 3 N–H and O–H groups in total. The van der Waals surface area contributed by atoms with Crippen LogP contribution in [-0.4, -0.2) is 81.1 Å². The molecule has 2 amide bonds. The zero-order chi connectivity index (χ0) is 47.8. The standard InChI is InChI=1S/C52H59ClF2N10O4/c1-32(66)63-23-17-46-43(31-63)50(64-22-3-4-34-24-41(36-28-57-62(2)30-36)42(49(54)55)26-47(34)64)61-65(46)29-33-13-18-52(19-14-33)20-15-39(16-21-52)69-48-12-11-45(59-60-48)51(67)58-37-6-9-38(10-7-37)68-40-8-5-35(27-56)44(53)25-40/h5,8,11-12,24-26,28-30,33,37-39,49,59H,3-4,6-7,9-10,13-23,31H2,1-2H3,(H-,58,60,67)/p+1/b65-29-. The number of aryl methyl sites for hydroxylation is 2. The van der Waals surface area contributed by atoms with Crippen molar-refractivity contribution < 1.29 is 32.5 Å². The fourth-order valence-corrected chi connectivity index (χ4v) is 11.7. The molecule has 0 bridgehead atoms. The normalized spacial score (nSPS) is 26.3. The fourth-order valence-electron chi connectivity index (χ4n) is 11.5. The van der Waals surface area contributed by atoms with Crippen molar-refractivity contribution in [1.82, 2.24) is 30.8 Å². The molecule has 3 aliphatic carbocycles. The zero-order valence-corrected chi connectivity index (χ0v) is 40.0. The number of hydrazine groups is 1. The Balaban J connectivity index is 0.732. The summed E-state index contributed by atoms with van der Waals surface area (Å²) in [6.07, 6.45) is 20.8. The predicted molar refractivity (Wildman–Crippen MR) is 258 cm³/mol. The van der Waals surface area contributed by atoms with E-state index in [1.54, 1.807) is 61.4 Å². The lowest BCUT2D eigenvalue weighted by molar-refractivity contribution is -0.479. The van der Waals surface area contributed by atoms with Crippen molar-refractivity contribution >= 4 is 41.2 Å². The van der Waals surface area contributed by atoms with Gasteiger partial charge in [0.25, 0.3) is 12.3 Å². The fraction of sp³-hybridized carbons (Fsp3) is 0.500. The van der Waals surface area contributed by atoms with Crippen molar-refractivity contribution in [3.63, 3.8) is 0 Å². The van der Waals surface area contributed by atoms with Gasteiger partial charge in [-0.1, -0.05) is 16.3 Å². The SMILES string of the molecule is CC(=O)N1CCC2=C(C1)C(N1CCCc3cc(-c4cnn(C)c4)c(C(F)F)cc31)=N/[N+]2=C\C1CCC2(CC1)CCC(OC1=CC=C(C(=O)NC3CCC(Oc4ccc(C#N)c(Cl)c4)CC3)NN1)CC2. The summed E-state index contributed by atoms with van der Waals surface area (Å²) in [4.78, 5) is 29.8. The third-order valence-electron chi connectivity index (χ3n) is 15.5. The summed E-state index contributed by atoms with van der Waals surface area (Å²) in [6.45, 7) is 3.32. The number of amidine groups is 1. The lowest BCUT2D eigenvalue weighted by Gasteiger charge is -2.44. The maximum Gasteiger partial charge on any atom is 0.269 e. The molecule has 3 aromatic rings. The second-order valence-electron chi connectivity index (χ2n) is 19.9. The number of carbonyl (C=O) groups is 2. The number of nitrogens with one attached hydrogen (secondary N) is 3. The number of benzene rings is 2. The van der Waals surface area contributed by atoms with E-state index in [9.17, 15) is 18.4 Å². The van der Waals surface area contributed by atoms with Crippen LogP contribution in [-0.2, 0) is 27.8 Å². The lowest BCUT2D eigenvalue weighted by atomic mass is 9.63. The molecule has 4 aliphatic heterocycles. The van der Waals surface area contributed by atoms with Crippen LogP contribution in [0.2, 0.25) is 5.02 Å². The molecule has 0 saturated heterocycles. The van der Waals surface area contributed by atoms with Gasteiger partial charge in [-0.2, -0.15) is 10.4 Å². The maximum absolute atomic E-state index is 14.7. The monoisotopic (exact) mass is 961 g/mol. The Morgan fingerprint density at radius 3 is 2.43 bits per heavy atom. The minimum atomic E-state index is -2.66. The molecule has 7 aliphatic rings. The van der Waals surface area contributed by atoms with Crippen LogP contribution in [0.15, 0.2) is 82.8 Å². The van der Waals surface area contributed by atoms with E-state index < -0.39 is 6.43 Å². The van der Waals surface area contributed by atoms with Crippen LogP contribution in [0, 0.1) is 22.7 Å². The van der Waals surface area contributed by atoms with Gasteiger partial charge in [0.05, 0.1) is 41.4 Å². The first-order valence-electron chi connectivity index (χ1n) is 24.6. The quantitative estimate of drug-likeness (QED) is 0.179. The Morgan fingerprint density at radius 1 is 0.986 bits per heavy atom. The summed E-state index contributed by atoms with van der Waals surface area (Å²) in [6, 6.07) is 10.8. The molecule has 1 aromatic heterocycles. The smallest absolute Gasteiger partial charge is 0.269 e. The predicted octanol–water partition coefficient (Wildman–Crippen LogP) is 8.69. The highest BCUT2D eigenvalue weighted by Crippen LogP contribution is 2.50. The molecule has 0 unspecified atom stereocenters. The number of carbonyl (C=O) groups excluding carboxylic acids is 2. The molecule has 3 fully saturated rings. The number of hydrazone groups is 1. The van der Waals surface area contributed by atoms with Gasteiger partial charge in [-0.3, -0.25) is 25.1 Å². The largest absolute Gasteiger partial charge is 0.490 e. The van der Waals surface area contributed by atoms with Gasteiger partial charge in [-0.25, -0.2) is 8.78 Å². The molecular formula is C52H60ClF2N10O4+. The van der Waals surface area contributed by atoms with Crippen LogP contribution in [0.5, 0.6) is 5.75 Å². The van der Waals surface area contributed by atoms with Gasteiger partial charge in [-0.05, 0) is 137 Å². The van der Waals surface area contributed by atoms with E-state index in [2.05, 4.69) is 43.1 Å².